The van der Waals surface area contributed by atoms with Gasteiger partial charge < -0.3 is 26.3 Å². The standard InChI is InChI=1S/C21H25N5O6/c22-20(23)24-12-4-7-18(25-21(28)32-14-15-5-2-1-3-6-15)19(27)31-13-16-8-10-17(11-9-16)26(29)30/h1-3,5-6,8-11,18H,4,7,12-14H2,(H,25,28)(H4,22,23,24)/t18-/m0/s1. The summed E-state index contributed by atoms with van der Waals surface area (Å²) in [7, 11) is 0. The second-order valence-electron chi connectivity index (χ2n) is 6.74. The van der Waals surface area contributed by atoms with Crippen LogP contribution in [0.3, 0.4) is 0 Å². The van der Waals surface area contributed by atoms with E-state index < -0.39 is 23.0 Å². The van der Waals surface area contributed by atoms with Gasteiger partial charge in [-0.25, -0.2) is 9.59 Å². The summed E-state index contributed by atoms with van der Waals surface area (Å²) in [4.78, 5) is 38.8. The van der Waals surface area contributed by atoms with Crippen LogP contribution >= 0.6 is 0 Å². The Kier molecular flexibility index (Phi) is 9.44. The third-order valence-electron chi connectivity index (χ3n) is 4.26. The van der Waals surface area contributed by atoms with Crippen molar-refractivity contribution in [3.63, 3.8) is 0 Å². The number of nitrogens with one attached hydrogen (secondary N) is 1. The van der Waals surface area contributed by atoms with E-state index in [1.54, 1.807) is 12.1 Å². The molecule has 32 heavy (non-hydrogen) atoms. The van der Waals surface area contributed by atoms with E-state index in [9.17, 15) is 19.7 Å². The fourth-order valence-corrected chi connectivity index (χ4v) is 2.63. The summed E-state index contributed by atoms with van der Waals surface area (Å²) >= 11 is 0. The van der Waals surface area contributed by atoms with E-state index in [2.05, 4.69) is 10.3 Å². The Morgan fingerprint density at radius 1 is 1.00 bits per heavy atom. The van der Waals surface area contributed by atoms with Crippen LogP contribution in [0.15, 0.2) is 59.6 Å². The molecule has 0 radical (unpaired) electrons. The molecule has 5 N–H and O–H groups in total. The summed E-state index contributed by atoms with van der Waals surface area (Å²) in [6.07, 6.45) is -0.141. The predicted octanol–water partition coefficient (Wildman–Crippen LogP) is 1.99. The second-order valence-corrected chi connectivity index (χ2v) is 6.74. The van der Waals surface area contributed by atoms with E-state index >= 15 is 0 Å². The minimum absolute atomic E-state index is 0.0469. The molecule has 11 nitrogen and oxygen atoms in total. The van der Waals surface area contributed by atoms with Crippen molar-refractivity contribution in [2.75, 3.05) is 6.54 Å². The predicted molar refractivity (Wildman–Crippen MR) is 116 cm³/mol. The quantitative estimate of drug-likeness (QED) is 0.118. The molecule has 0 aliphatic rings. The number of non-ortho nitro benzene ring substituents is 1. The number of alkyl carbamates (subject to hydrolysis) is 1. The van der Waals surface area contributed by atoms with Crippen molar-refractivity contribution in [2.45, 2.75) is 32.1 Å². The highest BCUT2D eigenvalue weighted by atomic mass is 16.6. The molecule has 0 aromatic heterocycles. The lowest BCUT2D eigenvalue weighted by atomic mass is 10.1. The number of benzene rings is 2. The van der Waals surface area contributed by atoms with Crippen LogP contribution in [0.25, 0.3) is 0 Å². The molecule has 0 bridgehead atoms. The average molecular weight is 443 g/mol. The van der Waals surface area contributed by atoms with Crippen LogP contribution in [0.1, 0.15) is 24.0 Å². The van der Waals surface area contributed by atoms with Crippen LogP contribution in [0, 0.1) is 10.1 Å². The largest absolute Gasteiger partial charge is 0.459 e. The van der Waals surface area contributed by atoms with E-state index in [0.717, 1.165) is 5.56 Å². The monoisotopic (exact) mass is 443 g/mol. The molecule has 0 fully saturated rings. The van der Waals surface area contributed by atoms with Gasteiger partial charge in [0, 0.05) is 18.7 Å². The zero-order chi connectivity index (χ0) is 23.3. The Morgan fingerprint density at radius 3 is 2.25 bits per heavy atom. The molecule has 0 saturated heterocycles. The van der Waals surface area contributed by atoms with Crippen molar-refractivity contribution in [1.82, 2.24) is 5.32 Å². The highest BCUT2D eigenvalue weighted by Crippen LogP contribution is 2.13. The molecule has 0 aliphatic carbocycles. The number of rotatable bonds is 11. The maximum absolute atomic E-state index is 12.5. The molecule has 0 unspecified atom stereocenters. The highest BCUT2D eigenvalue weighted by Gasteiger charge is 2.23. The van der Waals surface area contributed by atoms with Crippen LogP contribution < -0.4 is 16.8 Å². The van der Waals surface area contributed by atoms with Crippen LogP contribution in [-0.2, 0) is 27.5 Å². The molecule has 2 aromatic carbocycles. The van der Waals surface area contributed by atoms with Gasteiger partial charge in [0.1, 0.15) is 19.3 Å². The van der Waals surface area contributed by atoms with Crippen LogP contribution in [0.4, 0.5) is 10.5 Å². The number of amides is 1. The Bertz CT molecular complexity index is 929. The van der Waals surface area contributed by atoms with Crippen LogP contribution in [0.2, 0.25) is 0 Å². The molecule has 0 heterocycles. The SMILES string of the molecule is NC(N)=NCCC[C@H](NC(=O)OCc1ccccc1)C(=O)OCc1ccc([N+](=O)[O-])cc1. The zero-order valence-corrected chi connectivity index (χ0v) is 17.3. The summed E-state index contributed by atoms with van der Waals surface area (Å²) in [5, 5.41) is 13.2. The van der Waals surface area contributed by atoms with Crippen molar-refractivity contribution in [3.8, 4) is 0 Å². The van der Waals surface area contributed by atoms with Crippen molar-refractivity contribution >= 4 is 23.7 Å². The fourth-order valence-electron chi connectivity index (χ4n) is 2.63. The lowest BCUT2D eigenvalue weighted by Gasteiger charge is -2.17. The summed E-state index contributed by atoms with van der Waals surface area (Å²) < 4.78 is 10.4. The Hall–Kier alpha value is -4.15. The first-order valence-electron chi connectivity index (χ1n) is 9.77. The zero-order valence-electron chi connectivity index (χ0n) is 17.3. The van der Waals surface area contributed by atoms with Gasteiger partial charge in [-0.3, -0.25) is 15.1 Å². The maximum atomic E-state index is 12.5. The van der Waals surface area contributed by atoms with E-state index in [0.29, 0.717) is 12.0 Å². The molecule has 2 aromatic rings. The van der Waals surface area contributed by atoms with Gasteiger partial charge in [0.2, 0.25) is 0 Å². The third kappa shape index (κ3) is 8.69. The molecule has 11 heteroatoms. The Labute approximate surface area is 184 Å². The number of guanidine groups is 1. The van der Waals surface area contributed by atoms with Crippen molar-refractivity contribution < 1.29 is 24.0 Å². The second kappa shape index (κ2) is 12.5. The molecular weight excluding hydrogens is 418 g/mol. The smallest absolute Gasteiger partial charge is 0.408 e. The first kappa shape index (κ1) is 24.1. The highest BCUT2D eigenvalue weighted by molar-refractivity contribution is 5.81. The van der Waals surface area contributed by atoms with Gasteiger partial charge in [-0.2, -0.15) is 0 Å². The number of hydrogen-bond donors (Lipinski definition) is 3. The topological polar surface area (TPSA) is 172 Å². The summed E-state index contributed by atoms with van der Waals surface area (Å²) in [6, 6.07) is 13.7. The van der Waals surface area contributed by atoms with Crippen LogP contribution in [0.5, 0.6) is 0 Å². The number of ether oxygens (including phenoxy) is 2. The van der Waals surface area contributed by atoms with Crippen molar-refractivity contribution in [1.29, 1.82) is 0 Å². The van der Waals surface area contributed by atoms with Gasteiger partial charge in [0.05, 0.1) is 4.92 Å². The van der Waals surface area contributed by atoms with Crippen molar-refractivity contribution in [3.05, 3.63) is 75.8 Å². The van der Waals surface area contributed by atoms with Crippen molar-refractivity contribution in [2.24, 2.45) is 16.5 Å². The number of nitrogens with zero attached hydrogens (tertiary/aromatic N) is 2. The van der Waals surface area contributed by atoms with Gasteiger partial charge in [0.15, 0.2) is 5.96 Å². The first-order chi connectivity index (χ1) is 15.3. The van der Waals surface area contributed by atoms with Gasteiger partial charge in [0.25, 0.3) is 5.69 Å². The van der Waals surface area contributed by atoms with E-state index in [1.807, 2.05) is 18.2 Å². The summed E-state index contributed by atoms with van der Waals surface area (Å²) in [5.41, 5.74) is 11.9. The molecule has 2 rings (SSSR count). The molecule has 1 atom stereocenters. The van der Waals surface area contributed by atoms with E-state index in [-0.39, 0.29) is 37.8 Å². The molecule has 0 spiro atoms. The maximum Gasteiger partial charge on any atom is 0.408 e. The number of nitro groups is 1. The van der Waals surface area contributed by atoms with Crippen LogP contribution in [-0.4, -0.2) is 35.5 Å². The normalized spacial score (nSPS) is 11.1. The third-order valence-corrected chi connectivity index (χ3v) is 4.26. The Morgan fingerprint density at radius 2 is 1.62 bits per heavy atom. The number of hydrogen-bond acceptors (Lipinski definition) is 7. The Balaban J connectivity index is 1.92. The van der Waals surface area contributed by atoms with E-state index in [4.69, 9.17) is 20.9 Å². The number of nitrogens with two attached hydrogens (primary N) is 2. The minimum Gasteiger partial charge on any atom is -0.459 e. The average Bonchev–Trinajstić information content (AvgIpc) is 2.78. The summed E-state index contributed by atoms with van der Waals surface area (Å²) in [6.45, 7) is 0.211. The summed E-state index contributed by atoms with van der Waals surface area (Å²) in [5.74, 6) is -0.748. The first-order valence-corrected chi connectivity index (χ1v) is 9.77. The molecule has 0 aliphatic heterocycles. The van der Waals surface area contributed by atoms with E-state index in [1.165, 1.54) is 24.3 Å². The number of carbonyl (C=O) groups excluding carboxylic acids is 2. The fraction of sp³-hybridized carbons (Fsp3) is 0.286. The van der Waals surface area contributed by atoms with Gasteiger partial charge >= 0.3 is 12.1 Å². The molecule has 0 saturated carbocycles. The van der Waals surface area contributed by atoms with Gasteiger partial charge in [-0.1, -0.05) is 30.3 Å². The molecule has 1 amide bonds. The lowest BCUT2D eigenvalue weighted by molar-refractivity contribution is -0.384. The number of nitro benzene ring substituents is 1. The van der Waals surface area contributed by atoms with Gasteiger partial charge in [-0.05, 0) is 36.1 Å². The minimum atomic E-state index is -0.981. The lowest BCUT2D eigenvalue weighted by Crippen LogP contribution is -2.42. The number of carbonyl (C=O) groups is 2. The number of esters is 1. The molecule has 170 valence electrons. The molecular formula is C21H25N5O6. The number of aliphatic imine (C=N–C) groups is 1. The van der Waals surface area contributed by atoms with Gasteiger partial charge in [-0.15, -0.1) is 0 Å².